The number of halogens is 1. The molecular weight excluding hydrogens is 485 g/mol. The van der Waals surface area contributed by atoms with Crippen LogP contribution in [0.5, 0.6) is 5.75 Å². The fourth-order valence-electron chi connectivity index (χ4n) is 3.60. The van der Waals surface area contributed by atoms with E-state index in [2.05, 4.69) is 5.32 Å². The van der Waals surface area contributed by atoms with Crippen LogP contribution in [0.1, 0.15) is 12.5 Å². The molecule has 0 aromatic heterocycles. The first kappa shape index (κ1) is 26.7. The van der Waals surface area contributed by atoms with Gasteiger partial charge in [0.1, 0.15) is 24.2 Å². The van der Waals surface area contributed by atoms with E-state index in [-0.39, 0.29) is 22.7 Å². The van der Waals surface area contributed by atoms with Crippen LogP contribution in [0.25, 0.3) is 0 Å². The van der Waals surface area contributed by atoms with Crippen molar-refractivity contribution in [1.82, 2.24) is 10.2 Å². The lowest BCUT2D eigenvalue weighted by atomic mass is 10.1. The van der Waals surface area contributed by atoms with Crippen molar-refractivity contribution >= 4 is 27.5 Å². The fraction of sp³-hybridized carbons (Fsp3) is 0.231. The maximum absolute atomic E-state index is 14.4. The Morgan fingerprint density at radius 3 is 2.17 bits per heavy atom. The molecular formula is C26H28FN3O5S. The molecule has 0 heterocycles. The van der Waals surface area contributed by atoms with Crippen molar-refractivity contribution in [2.75, 3.05) is 25.0 Å². The average Bonchev–Trinajstić information content (AvgIpc) is 2.90. The van der Waals surface area contributed by atoms with Crippen molar-refractivity contribution in [3.63, 3.8) is 0 Å². The van der Waals surface area contributed by atoms with E-state index in [9.17, 15) is 22.4 Å². The molecule has 0 fully saturated rings. The topological polar surface area (TPSA) is 96.0 Å². The highest BCUT2D eigenvalue weighted by Gasteiger charge is 2.32. The standard InChI is InChI=1S/C26H28FN3O5S/c1-19(26(32)28-2)29(17-20-9-7-8-12-24(20)27)25(31)18-30(21-13-15-22(35-3)16-14-21)36(33,34)23-10-5-4-6-11-23/h4-16,19H,17-18H2,1-3H3,(H,28,32). The zero-order valence-electron chi connectivity index (χ0n) is 20.2. The van der Waals surface area contributed by atoms with Gasteiger partial charge >= 0.3 is 0 Å². The van der Waals surface area contributed by atoms with Crippen LogP contribution in [0.2, 0.25) is 0 Å². The van der Waals surface area contributed by atoms with E-state index >= 15 is 0 Å². The van der Waals surface area contributed by atoms with Crippen molar-refractivity contribution in [2.24, 2.45) is 0 Å². The van der Waals surface area contributed by atoms with Crippen LogP contribution >= 0.6 is 0 Å². The number of nitrogens with one attached hydrogen (secondary N) is 1. The largest absolute Gasteiger partial charge is 0.497 e. The molecule has 0 radical (unpaired) electrons. The molecule has 0 saturated heterocycles. The summed E-state index contributed by atoms with van der Waals surface area (Å²) in [7, 11) is -1.26. The van der Waals surface area contributed by atoms with Crippen molar-refractivity contribution in [3.05, 3.63) is 90.2 Å². The number of anilines is 1. The quantitative estimate of drug-likeness (QED) is 0.449. The number of amides is 2. The van der Waals surface area contributed by atoms with Gasteiger partial charge in [0.25, 0.3) is 10.0 Å². The number of sulfonamides is 1. The van der Waals surface area contributed by atoms with E-state index in [1.807, 2.05) is 0 Å². The van der Waals surface area contributed by atoms with Gasteiger partial charge in [0.05, 0.1) is 17.7 Å². The normalized spacial score (nSPS) is 11.9. The third-order valence-corrected chi connectivity index (χ3v) is 7.47. The summed E-state index contributed by atoms with van der Waals surface area (Å²) in [5, 5.41) is 2.48. The molecule has 2 amide bonds. The van der Waals surface area contributed by atoms with Crippen LogP contribution in [0.3, 0.4) is 0 Å². The van der Waals surface area contributed by atoms with Gasteiger partial charge in [-0.15, -0.1) is 0 Å². The lowest BCUT2D eigenvalue weighted by Gasteiger charge is -2.31. The van der Waals surface area contributed by atoms with Gasteiger partial charge in [0.15, 0.2) is 0 Å². The fourth-order valence-corrected chi connectivity index (χ4v) is 5.03. The lowest BCUT2D eigenvalue weighted by Crippen LogP contribution is -2.50. The Bertz CT molecular complexity index is 1300. The molecule has 3 aromatic carbocycles. The van der Waals surface area contributed by atoms with Gasteiger partial charge < -0.3 is 15.0 Å². The molecule has 0 aliphatic heterocycles. The van der Waals surface area contributed by atoms with E-state index in [0.717, 1.165) is 9.21 Å². The van der Waals surface area contributed by atoms with Crippen LogP contribution in [-0.4, -0.2) is 51.9 Å². The maximum atomic E-state index is 14.4. The zero-order valence-corrected chi connectivity index (χ0v) is 21.0. The minimum atomic E-state index is -4.16. The van der Waals surface area contributed by atoms with Crippen LogP contribution < -0.4 is 14.4 Å². The predicted molar refractivity (Wildman–Crippen MR) is 134 cm³/mol. The van der Waals surface area contributed by atoms with Crippen LogP contribution in [0.4, 0.5) is 10.1 Å². The molecule has 0 aliphatic carbocycles. The molecule has 3 rings (SSSR count). The van der Waals surface area contributed by atoms with Crippen molar-refractivity contribution in [1.29, 1.82) is 0 Å². The molecule has 0 aliphatic rings. The predicted octanol–water partition coefficient (Wildman–Crippen LogP) is 3.19. The Morgan fingerprint density at radius 1 is 0.972 bits per heavy atom. The molecule has 0 spiro atoms. The highest BCUT2D eigenvalue weighted by atomic mass is 32.2. The minimum Gasteiger partial charge on any atom is -0.497 e. The molecule has 0 bridgehead atoms. The summed E-state index contributed by atoms with van der Waals surface area (Å²) in [5.74, 6) is -1.17. The van der Waals surface area contributed by atoms with Gasteiger partial charge in [-0.2, -0.15) is 0 Å². The summed E-state index contributed by atoms with van der Waals surface area (Å²) >= 11 is 0. The number of carbonyl (C=O) groups excluding carboxylic acids is 2. The van der Waals surface area contributed by atoms with Crippen molar-refractivity contribution < 1.29 is 27.1 Å². The first-order valence-corrected chi connectivity index (χ1v) is 12.6. The zero-order chi connectivity index (χ0) is 26.3. The Kier molecular flexibility index (Phi) is 8.65. The third kappa shape index (κ3) is 6.01. The first-order chi connectivity index (χ1) is 17.2. The molecule has 10 heteroatoms. The number of nitrogens with zero attached hydrogens (tertiary/aromatic N) is 2. The van der Waals surface area contributed by atoms with Gasteiger partial charge in [-0.3, -0.25) is 13.9 Å². The van der Waals surface area contributed by atoms with Crippen LogP contribution in [0, 0.1) is 5.82 Å². The maximum Gasteiger partial charge on any atom is 0.264 e. The lowest BCUT2D eigenvalue weighted by molar-refractivity contribution is -0.139. The van der Waals surface area contributed by atoms with Crippen molar-refractivity contribution in [2.45, 2.75) is 24.4 Å². The summed E-state index contributed by atoms with van der Waals surface area (Å²) in [6, 6.07) is 18.8. The molecule has 1 N–H and O–H groups in total. The second-order valence-corrected chi connectivity index (χ2v) is 9.79. The highest BCUT2D eigenvalue weighted by Crippen LogP contribution is 2.26. The summed E-state index contributed by atoms with van der Waals surface area (Å²) < 4.78 is 47.7. The van der Waals surface area contributed by atoms with Gasteiger partial charge in [0, 0.05) is 19.2 Å². The summed E-state index contributed by atoms with van der Waals surface area (Å²) in [5.41, 5.74) is 0.426. The highest BCUT2D eigenvalue weighted by molar-refractivity contribution is 7.92. The number of methoxy groups -OCH3 is 1. The SMILES string of the molecule is CNC(=O)C(C)N(Cc1ccccc1F)C(=O)CN(c1ccc(OC)cc1)S(=O)(=O)c1ccccc1. The Balaban J connectivity index is 2.03. The van der Waals surface area contributed by atoms with Crippen LogP contribution in [0.15, 0.2) is 83.8 Å². The average molecular weight is 514 g/mol. The van der Waals surface area contributed by atoms with Gasteiger partial charge in [-0.25, -0.2) is 12.8 Å². The number of benzene rings is 3. The summed E-state index contributed by atoms with van der Waals surface area (Å²) in [6.07, 6.45) is 0. The molecule has 8 nitrogen and oxygen atoms in total. The summed E-state index contributed by atoms with van der Waals surface area (Å²) in [6.45, 7) is 0.669. The summed E-state index contributed by atoms with van der Waals surface area (Å²) in [4.78, 5) is 27.2. The van der Waals surface area contributed by atoms with Crippen molar-refractivity contribution in [3.8, 4) is 5.75 Å². The number of likely N-dealkylation sites (N-methyl/N-ethyl adjacent to an activating group) is 1. The second kappa shape index (κ2) is 11.7. The monoisotopic (exact) mass is 513 g/mol. The minimum absolute atomic E-state index is 0.00591. The van der Waals surface area contributed by atoms with Gasteiger partial charge in [-0.05, 0) is 49.4 Å². The second-order valence-electron chi connectivity index (χ2n) is 7.93. The molecule has 36 heavy (non-hydrogen) atoms. The number of rotatable bonds is 10. The molecule has 3 aromatic rings. The number of hydrogen-bond acceptors (Lipinski definition) is 5. The Morgan fingerprint density at radius 2 is 1.58 bits per heavy atom. The third-order valence-electron chi connectivity index (χ3n) is 5.68. The number of hydrogen-bond donors (Lipinski definition) is 1. The molecule has 190 valence electrons. The van der Waals surface area contributed by atoms with E-state index in [1.165, 1.54) is 63.5 Å². The number of carbonyl (C=O) groups is 2. The van der Waals surface area contributed by atoms with E-state index in [1.54, 1.807) is 36.4 Å². The van der Waals surface area contributed by atoms with E-state index in [0.29, 0.717) is 5.75 Å². The smallest absolute Gasteiger partial charge is 0.264 e. The van der Waals surface area contributed by atoms with Crippen LogP contribution in [-0.2, 0) is 26.2 Å². The number of ether oxygens (including phenoxy) is 1. The Hall–Kier alpha value is -3.92. The molecule has 1 atom stereocenters. The first-order valence-electron chi connectivity index (χ1n) is 11.2. The van der Waals surface area contributed by atoms with E-state index < -0.39 is 40.2 Å². The Labute approximate surface area is 210 Å². The van der Waals surface area contributed by atoms with Gasteiger partial charge in [-0.1, -0.05) is 36.4 Å². The van der Waals surface area contributed by atoms with Gasteiger partial charge in [0.2, 0.25) is 11.8 Å². The van der Waals surface area contributed by atoms with E-state index in [4.69, 9.17) is 4.74 Å². The molecule has 1 unspecified atom stereocenters. The molecule has 0 saturated carbocycles.